The molecule has 1 nitrogen and oxygen atoms in total. The van der Waals surface area contributed by atoms with Gasteiger partial charge in [0.25, 0.3) is 0 Å². The number of benzene rings is 2. The number of hydrogen-bond acceptors (Lipinski definition) is 1. The molecule has 4 heteroatoms. The van der Waals surface area contributed by atoms with E-state index in [2.05, 4.69) is 38.5 Å². The van der Waals surface area contributed by atoms with Crippen LogP contribution in [0.15, 0.2) is 40.9 Å². The summed E-state index contributed by atoms with van der Waals surface area (Å²) < 4.78 is 1.98. The third-order valence-corrected chi connectivity index (χ3v) is 4.56. The van der Waals surface area contributed by atoms with Crippen molar-refractivity contribution in [1.29, 1.82) is 0 Å². The Labute approximate surface area is 133 Å². The SMILES string of the molecule is Cc1ccc(C(O)c2cc(I)ccc2Br)cc1Cl. The fourth-order valence-corrected chi connectivity index (χ4v) is 2.85. The van der Waals surface area contributed by atoms with E-state index in [1.807, 2.05) is 43.3 Å². The Kier molecular flexibility index (Phi) is 4.69. The average Bonchev–Trinajstić information content (AvgIpc) is 2.35. The summed E-state index contributed by atoms with van der Waals surface area (Å²) in [5.41, 5.74) is 2.66. The molecule has 2 rings (SSSR count). The Hall–Kier alpha value is -0.100. The Morgan fingerprint density at radius 2 is 1.94 bits per heavy atom. The van der Waals surface area contributed by atoms with Crippen molar-refractivity contribution in [3.63, 3.8) is 0 Å². The van der Waals surface area contributed by atoms with Crippen LogP contribution in [0.1, 0.15) is 22.8 Å². The van der Waals surface area contributed by atoms with Gasteiger partial charge in [0, 0.05) is 18.6 Å². The molecular formula is C14H11BrClIO. The van der Waals surface area contributed by atoms with Crippen LogP contribution in [0.3, 0.4) is 0 Å². The third kappa shape index (κ3) is 3.07. The molecule has 0 amide bonds. The minimum Gasteiger partial charge on any atom is -0.384 e. The quantitative estimate of drug-likeness (QED) is 0.649. The first kappa shape index (κ1) is 14.3. The molecule has 1 atom stereocenters. The molecule has 0 aliphatic carbocycles. The number of rotatable bonds is 2. The van der Waals surface area contributed by atoms with E-state index in [0.717, 1.165) is 24.7 Å². The maximum Gasteiger partial charge on any atom is 0.105 e. The van der Waals surface area contributed by atoms with E-state index in [4.69, 9.17) is 11.6 Å². The largest absolute Gasteiger partial charge is 0.384 e. The summed E-state index contributed by atoms with van der Waals surface area (Å²) in [7, 11) is 0. The van der Waals surface area contributed by atoms with Crippen LogP contribution in [0.25, 0.3) is 0 Å². The molecule has 0 aromatic heterocycles. The second kappa shape index (κ2) is 5.90. The predicted octanol–water partition coefficient (Wildman–Crippen LogP) is 5.10. The van der Waals surface area contributed by atoms with Crippen LogP contribution in [-0.4, -0.2) is 5.11 Å². The van der Waals surface area contributed by atoms with Gasteiger partial charge in [-0.25, -0.2) is 0 Å². The number of aliphatic hydroxyl groups excluding tert-OH is 1. The molecule has 1 unspecified atom stereocenters. The molecule has 2 aromatic rings. The van der Waals surface area contributed by atoms with Crippen molar-refractivity contribution < 1.29 is 5.11 Å². The van der Waals surface area contributed by atoms with E-state index in [1.165, 1.54) is 0 Å². The lowest BCUT2D eigenvalue weighted by Gasteiger charge is -2.14. The van der Waals surface area contributed by atoms with Crippen molar-refractivity contribution in [2.45, 2.75) is 13.0 Å². The third-order valence-electron chi connectivity index (χ3n) is 2.76. The normalized spacial score (nSPS) is 12.5. The molecule has 0 fully saturated rings. The van der Waals surface area contributed by atoms with Crippen molar-refractivity contribution in [2.24, 2.45) is 0 Å². The van der Waals surface area contributed by atoms with Gasteiger partial charge in [-0.05, 0) is 64.9 Å². The molecule has 2 aromatic carbocycles. The zero-order valence-electron chi connectivity index (χ0n) is 9.62. The van der Waals surface area contributed by atoms with Gasteiger partial charge in [0.05, 0.1) is 0 Å². The van der Waals surface area contributed by atoms with Crippen LogP contribution >= 0.6 is 50.1 Å². The minimum absolute atomic E-state index is 0.674. The molecule has 0 saturated heterocycles. The Morgan fingerprint density at radius 1 is 1.22 bits per heavy atom. The Balaban J connectivity index is 2.44. The fourth-order valence-electron chi connectivity index (χ4n) is 1.68. The molecule has 0 heterocycles. The van der Waals surface area contributed by atoms with Crippen molar-refractivity contribution in [3.8, 4) is 0 Å². The number of hydrogen-bond donors (Lipinski definition) is 1. The average molecular weight is 438 g/mol. The van der Waals surface area contributed by atoms with Crippen LogP contribution in [0, 0.1) is 10.5 Å². The molecular weight excluding hydrogens is 426 g/mol. The van der Waals surface area contributed by atoms with E-state index >= 15 is 0 Å². The standard InChI is InChI=1S/C14H11BrClIO/c1-8-2-3-9(6-13(8)16)14(18)11-7-10(17)4-5-12(11)15/h2-7,14,18H,1H3. The summed E-state index contributed by atoms with van der Waals surface area (Å²) in [6.07, 6.45) is -0.674. The summed E-state index contributed by atoms with van der Waals surface area (Å²) in [4.78, 5) is 0. The lowest BCUT2D eigenvalue weighted by Crippen LogP contribution is -2.01. The van der Waals surface area contributed by atoms with Crippen molar-refractivity contribution in [2.75, 3.05) is 0 Å². The van der Waals surface area contributed by atoms with Gasteiger partial charge in [-0.2, -0.15) is 0 Å². The van der Waals surface area contributed by atoms with Crippen LogP contribution in [0.2, 0.25) is 5.02 Å². The van der Waals surface area contributed by atoms with E-state index in [9.17, 15) is 5.11 Å². The maximum atomic E-state index is 10.4. The summed E-state index contributed by atoms with van der Waals surface area (Å²) in [6.45, 7) is 1.94. The number of halogens is 3. The summed E-state index contributed by atoms with van der Waals surface area (Å²) in [6, 6.07) is 11.5. The monoisotopic (exact) mass is 436 g/mol. The number of aliphatic hydroxyl groups is 1. The van der Waals surface area contributed by atoms with E-state index in [0.29, 0.717) is 5.02 Å². The van der Waals surface area contributed by atoms with Gasteiger partial charge in [-0.3, -0.25) is 0 Å². The van der Waals surface area contributed by atoms with Crippen LogP contribution in [0.5, 0.6) is 0 Å². The zero-order valence-corrected chi connectivity index (χ0v) is 14.1. The van der Waals surface area contributed by atoms with Gasteiger partial charge in [0.2, 0.25) is 0 Å². The highest BCUT2D eigenvalue weighted by molar-refractivity contribution is 14.1. The molecule has 94 valence electrons. The van der Waals surface area contributed by atoms with Crippen molar-refractivity contribution in [1.82, 2.24) is 0 Å². The van der Waals surface area contributed by atoms with E-state index in [1.54, 1.807) is 0 Å². The second-order valence-electron chi connectivity index (χ2n) is 4.08. The van der Waals surface area contributed by atoms with Crippen molar-refractivity contribution >= 4 is 50.1 Å². The molecule has 0 aliphatic heterocycles. The van der Waals surface area contributed by atoms with Gasteiger partial charge in [-0.1, -0.05) is 39.7 Å². The van der Waals surface area contributed by atoms with Gasteiger partial charge >= 0.3 is 0 Å². The van der Waals surface area contributed by atoms with Crippen molar-refractivity contribution in [3.05, 3.63) is 66.2 Å². The van der Waals surface area contributed by atoms with E-state index < -0.39 is 6.10 Å². The Bertz CT molecular complexity index is 586. The van der Waals surface area contributed by atoms with Gasteiger partial charge in [0.15, 0.2) is 0 Å². The zero-order chi connectivity index (χ0) is 13.3. The van der Waals surface area contributed by atoms with E-state index in [-0.39, 0.29) is 0 Å². The maximum absolute atomic E-state index is 10.4. The lowest BCUT2D eigenvalue weighted by molar-refractivity contribution is 0.219. The van der Waals surface area contributed by atoms with Gasteiger partial charge in [-0.15, -0.1) is 0 Å². The first-order chi connectivity index (χ1) is 8.49. The lowest BCUT2D eigenvalue weighted by atomic mass is 10.0. The fraction of sp³-hybridized carbons (Fsp3) is 0.143. The van der Waals surface area contributed by atoms with Crippen LogP contribution in [-0.2, 0) is 0 Å². The molecule has 1 N–H and O–H groups in total. The first-order valence-electron chi connectivity index (χ1n) is 5.38. The molecule has 0 spiro atoms. The molecule has 0 radical (unpaired) electrons. The van der Waals surface area contributed by atoms with Crippen LogP contribution < -0.4 is 0 Å². The highest BCUT2D eigenvalue weighted by Crippen LogP contribution is 2.31. The van der Waals surface area contributed by atoms with Gasteiger partial charge < -0.3 is 5.11 Å². The van der Waals surface area contributed by atoms with Gasteiger partial charge in [0.1, 0.15) is 6.10 Å². The Morgan fingerprint density at radius 3 is 2.61 bits per heavy atom. The first-order valence-corrected chi connectivity index (χ1v) is 7.63. The molecule has 18 heavy (non-hydrogen) atoms. The highest BCUT2D eigenvalue weighted by Gasteiger charge is 2.14. The van der Waals surface area contributed by atoms with Crippen LogP contribution in [0.4, 0.5) is 0 Å². The smallest absolute Gasteiger partial charge is 0.105 e. The highest BCUT2D eigenvalue weighted by atomic mass is 127. The minimum atomic E-state index is -0.674. The molecule has 0 aliphatic rings. The number of aryl methyl sites for hydroxylation is 1. The summed E-state index contributed by atoms with van der Waals surface area (Å²) in [5, 5.41) is 11.1. The molecule has 0 saturated carbocycles. The molecule has 0 bridgehead atoms. The summed E-state index contributed by atoms with van der Waals surface area (Å²) in [5.74, 6) is 0. The summed E-state index contributed by atoms with van der Waals surface area (Å²) >= 11 is 11.8. The second-order valence-corrected chi connectivity index (χ2v) is 6.58. The predicted molar refractivity (Wildman–Crippen MR) is 87.1 cm³/mol. The topological polar surface area (TPSA) is 20.2 Å².